The van der Waals surface area contributed by atoms with Crippen LogP contribution in [0.15, 0.2) is 28.6 Å². The third kappa shape index (κ3) is 7.49. The Morgan fingerprint density at radius 2 is 2.00 bits per heavy atom. The second-order valence-corrected chi connectivity index (χ2v) is 3.57. The predicted molar refractivity (Wildman–Crippen MR) is 59.1 cm³/mol. The van der Waals surface area contributed by atoms with E-state index in [4.69, 9.17) is 5.84 Å². The van der Waals surface area contributed by atoms with Gasteiger partial charge in [-0.15, -0.1) is 4.91 Å². The highest BCUT2D eigenvalue weighted by molar-refractivity contribution is 5.02. The molecule has 0 aromatic carbocycles. The van der Waals surface area contributed by atoms with Gasteiger partial charge in [0.1, 0.15) is 0 Å². The minimum absolute atomic E-state index is 0.379. The first-order valence-electron chi connectivity index (χ1n) is 4.70. The van der Waals surface area contributed by atoms with Crippen molar-refractivity contribution in [3.05, 3.63) is 28.2 Å². The van der Waals surface area contributed by atoms with Gasteiger partial charge in [-0.3, -0.25) is 0 Å². The molecule has 14 heavy (non-hydrogen) atoms. The van der Waals surface area contributed by atoms with Crippen LogP contribution >= 0.6 is 0 Å². The van der Waals surface area contributed by atoms with E-state index in [0.29, 0.717) is 6.54 Å². The van der Waals surface area contributed by atoms with E-state index in [0.717, 1.165) is 18.0 Å². The largest absolute Gasteiger partial charge is 0.228 e. The van der Waals surface area contributed by atoms with Gasteiger partial charge in [0.2, 0.25) is 0 Å². The van der Waals surface area contributed by atoms with Gasteiger partial charge in [-0.05, 0) is 33.6 Å². The Morgan fingerprint density at radius 3 is 2.50 bits per heavy atom. The SMILES string of the molecule is CC(C)=CCCC(C)=CCN(N)N=O. The lowest BCUT2D eigenvalue weighted by Crippen LogP contribution is -2.24. The monoisotopic (exact) mass is 197 g/mol. The van der Waals surface area contributed by atoms with E-state index >= 15 is 0 Å². The highest BCUT2D eigenvalue weighted by Gasteiger charge is 1.92. The van der Waals surface area contributed by atoms with Gasteiger partial charge in [0.15, 0.2) is 0 Å². The maximum Gasteiger partial charge on any atom is 0.0746 e. The lowest BCUT2D eigenvalue weighted by atomic mass is 10.1. The van der Waals surface area contributed by atoms with E-state index in [9.17, 15) is 4.91 Å². The molecule has 0 saturated heterocycles. The van der Waals surface area contributed by atoms with Crippen molar-refractivity contribution in [1.29, 1.82) is 0 Å². The number of rotatable bonds is 6. The number of hydrazine groups is 1. The first-order valence-corrected chi connectivity index (χ1v) is 4.70. The fourth-order valence-corrected chi connectivity index (χ4v) is 0.973. The number of nitrogens with two attached hydrogens (primary N) is 1. The van der Waals surface area contributed by atoms with Crippen molar-refractivity contribution in [2.75, 3.05) is 6.54 Å². The first kappa shape index (κ1) is 12.8. The van der Waals surface area contributed by atoms with Crippen LogP contribution in [0.4, 0.5) is 0 Å². The van der Waals surface area contributed by atoms with Crippen LogP contribution in [-0.2, 0) is 0 Å². The first-order chi connectivity index (χ1) is 6.56. The van der Waals surface area contributed by atoms with Gasteiger partial charge < -0.3 is 0 Å². The predicted octanol–water partition coefficient (Wildman–Crippen LogP) is 2.54. The maximum atomic E-state index is 9.93. The van der Waals surface area contributed by atoms with Crippen molar-refractivity contribution in [3.8, 4) is 0 Å². The topological polar surface area (TPSA) is 58.7 Å². The van der Waals surface area contributed by atoms with Crippen molar-refractivity contribution < 1.29 is 0 Å². The van der Waals surface area contributed by atoms with Gasteiger partial charge in [0.25, 0.3) is 0 Å². The van der Waals surface area contributed by atoms with Crippen molar-refractivity contribution in [3.63, 3.8) is 0 Å². The number of hydrogen-bond donors (Lipinski definition) is 1. The van der Waals surface area contributed by atoms with E-state index in [1.165, 1.54) is 11.1 Å². The fourth-order valence-electron chi connectivity index (χ4n) is 0.973. The Balaban J connectivity index is 3.78. The molecule has 4 nitrogen and oxygen atoms in total. The third-order valence-corrected chi connectivity index (χ3v) is 1.82. The second kappa shape index (κ2) is 7.26. The van der Waals surface area contributed by atoms with Crippen LogP contribution in [0.5, 0.6) is 0 Å². The van der Waals surface area contributed by atoms with E-state index in [-0.39, 0.29) is 0 Å². The Bertz CT molecular complexity index is 230. The summed E-state index contributed by atoms with van der Waals surface area (Å²) in [4.78, 5) is 9.93. The molecule has 0 unspecified atom stereocenters. The van der Waals surface area contributed by atoms with Gasteiger partial charge in [0.05, 0.1) is 11.8 Å². The van der Waals surface area contributed by atoms with Crippen LogP contribution in [0, 0.1) is 4.91 Å². The molecule has 0 saturated carbocycles. The molecule has 0 aliphatic rings. The molecule has 0 spiro atoms. The number of allylic oxidation sites excluding steroid dienone is 3. The quantitative estimate of drug-likeness (QED) is 0.308. The minimum atomic E-state index is 0.379. The molecule has 0 aromatic rings. The molecular weight excluding hydrogens is 178 g/mol. The van der Waals surface area contributed by atoms with E-state index < -0.39 is 0 Å². The molecule has 0 atom stereocenters. The Labute approximate surface area is 85.4 Å². The minimum Gasteiger partial charge on any atom is -0.228 e. The molecule has 0 bridgehead atoms. The average molecular weight is 197 g/mol. The summed E-state index contributed by atoms with van der Waals surface area (Å²) in [7, 11) is 0. The summed E-state index contributed by atoms with van der Waals surface area (Å²) in [5, 5.41) is 3.45. The van der Waals surface area contributed by atoms with Crippen molar-refractivity contribution in [1.82, 2.24) is 5.12 Å². The van der Waals surface area contributed by atoms with Gasteiger partial charge in [-0.1, -0.05) is 23.3 Å². The van der Waals surface area contributed by atoms with Crippen LogP contribution in [-0.4, -0.2) is 11.7 Å². The lowest BCUT2D eigenvalue weighted by molar-refractivity contribution is 0.328. The average Bonchev–Trinajstić information content (AvgIpc) is 2.13. The van der Waals surface area contributed by atoms with Crippen molar-refractivity contribution >= 4 is 0 Å². The summed E-state index contributed by atoms with van der Waals surface area (Å²) < 4.78 is 0. The lowest BCUT2D eigenvalue weighted by Gasteiger charge is -2.04. The van der Waals surface area contributed by atoms with Gasteiger partial charge >= 0.3 is 0 Å². The second-order valence-electron chi connectivity index (χ2n) is 3.57. The normalized spacial score (nSPS) is 11.0. The standard InChI is InChI=1S/C10H19N3O/c1-9(2)5-4-6-10(3)7-8-13(11)12-14/h5,7H,4,6,8,11H2,1-3H3. The molecular formula is C10H19N3O. The number of hydrogen-bond acceptors (Lipinski definition) is 3. The molecule has 0 amide bonds. The summed E-state index contributed by atoms with van der Waals surface area (Å²) in [6.07, 6.45) is 6.14. The van der Waals surface area contributed by atoms with Crippen LogP contribution < -0.4 is 5.84 Å². The molecule has 2 N–H and O–H groups in total. The van der Waals surface area contributed by atoms with E-state index in [1.807, 2.05) is 13.0 Å². The Kier molecular flexibility index (Phi) is 6.66. The molecule has 0 rings (SSSR count). The summed E-state index contributed by atoms with van der Waals surface area (Å²) in [6, 6.07) is 0. The molecule has 0 aromatic heterocycles. The van der Waals surface area contributed by atoms with Gasteiger partial charge in [-0.2, -0.15) is 5.12 Å². The zero-order valence-corrected chi connectivity index (χ0v) is 9.16. The molecule has 0 aliphatic heterocycles. The highest BCUT2D eigenvalue weighted by atomic mass is 16.3. The number of nitrogens with zero attached hydrogens (tertiary/aromatic N) is 2. The van der Waals surface area contributed by atoms with Gasteiger partial charge in [-0.25, -0.2) is 5.84 Å². The summed E-state index contributed by atoms with van der Waals surface area (Å²) >= 11 is 0. The Morgan fingerprint density at radius 1 is 1.36 bits per heavy atom. The van der Waals surface area contributed by atoms with Crippen LogP contribution in [0.25, 0.3) is 0 Å². The van der Waals surface area contributed by atoms with E-state index in [2.05, 4.69) is 25.2 Å². The van der Waals surface area contributed by atoms with Crippen LogP contribution in [0.3, 0.4) is 0 Å². The molecule has 80 valence electrons. The third-order valence-electron chi connectivity index (χ3n) is 1.82. The summed E-state index contributed by atoms with van der Waals surface area (Å²) in [5.41, 5.74) is 2.55. The molecule has 4 heteroatoms. The maximum absolute atomic E-state index is 9.93. The molecule has 0 fully saturated rings. The highest BCUT2D eigenvalue weighted by Crippen LogP contribution is 2.06. The zero-order chi connectivity index (χ0) is 11.0. The van der Waals surface area contributed by atoms with Crippen molar-refractivity contribution in [2.45, 2.75) is 33.6 Å². The smallest absolute Gasteiger partial charge is 0.0746 e. The molecule has 0 aliphatic carbocycles. The van der Waals surface area contributed by atoms with Crippen LogP contribution in [0.1, 0.15) is 33.6 Å². The molecule has 0 radical (unpaired) electrons. The van der Waals surface area contributed by atoms with Crippen molar-refractivity contribution in [2.24, 2.45) is 11.1 Å². The fraction of sp³-hybridized carbons (Fsp3) is 0.600. The Hall–Kier alpha value is -1.16. The number of nitroso groups, excluding NO2 is 1. The summed E-state index contributed by atoms with van der Waals surface area (Å²) in [6.45, 7) is 6.57. The zero-order valence-electron chi connectivity index (χ0n) is 9.16. The van der Waals surface area contributed by atoms with Crippen LogP contribution in [0.2, 0.25) is 0 Å². The van der Waals surface area contributed by atoms with Gasteiger partial charge in [0, 0.05) is 0 Å². The molecule has 0 heterocycles. The van der Waals surface area contributed by atoms with E-state index in [1.54, 1.807) is 0 Å². The summed E-state index contributed by atoms with van der Waals surface area (Å²) in [5.74, 6) is 5.20.